The van der Waals surface area contributed by atoms with Crippen LogP contribution in [0.2, 0.25) is 5.15 Å². The van der Waals surface area contributed by atoms with E-state index in [4.69, 9.17) is 11.6 Å². The highest BCUT2D eigenvalue weighted by Crippen LogP contribution is 2.23. The lowest BCUT2D eigenvalue weighted by atomic mass is 9.96. The molecule has 4 nitrogen and oxygen atoms in total. The lowest BCUT2D eigenvalue weighted by Crippen LogP contribution is -2.31. The van der Waals surface area contributed by atoms with E-state index in [0.717, 1.165) is 0 Å². The fourth-order valence-electron chi connectivity index (χ4n) is 1.59. The third-order valence-electron chi connectivity index (χ3n) is 2.78. The first-order chi connectivity index (χ1) is 8.77. The van der Waals surface area contributed by atoms with Gasteiger partial charge in [-0.1, -0.05) is 32.4 Å². The van der Waals surface area contributed by atoms with Gasteiger partial charge < -0.3 is 10.4 Å². The van der Waals surface area contributed by atoms with Gasteiger partial charge in [-0.15, -0.1) is 0 Å². The maximum absolute atomic E-state index is 9.29. The monoisotopic (exact) mass is 303 g/mol. The van der Waals surface area contributed by atoms with Gasteiger partial charge in [-0.3, -0.25) is 0 Å². The van der Waals surface area contributed by atoms with Crippen molar-refractivity contribution in [3.8, 4) is 0 Å². The van der Waals surface area contributed by atoms with Crippen LogP contribution in [0.4, 0.5) is 5.82 Å². The van der Waals surface area contributed by atoms with Crippen molar-refractivity contribution in [2.75, 3.05) is 18.2 Å². The second-order valence-corrected chi connectivity index (χ2v) is 7.00. The van der Waals surface area contributed by atoms with E-state index in [9.17, 15) is 5.11 Å². The lowest BCUT2D eigenvalue weighted by molar-refractivity contribution is 0.288. The Morgan fingerprint density at radius 2 is 2.05 bits per heavy atom. The highest BCUT2D eigenvalue weighted by atomic mass is 35.5. The van der Waals surface area contributed by atoms with E-state index in [0.29, 0.717) is 16.8 Å². The third-order valence-corrected chi connectivity index (χ3v) is 4.14. The Hall–Kier alpha value is -0.520. The summed E-state index contributed by atoms with van der Waals surface area (Å²) in [6, 6.07) is 1.81. The number of rotatable bonds is 5. The number of thioether (sulfide) groups is 1. The predicted octanol–water partition coefficient (Wildman–Crippen LogP) is 2.95. The molecule has 0 spiro atoms. The van der Waals surface area contributed by atoms with Crippen molar-refractivity contribution in [3.05, 3.63) is 17.0 Å². The molecule has 0 aromatic carbocycles. The summed E-state index contributed by atoms with van der Waals surface area (Å²) < 4.78 is 0. The van der Waals surface area contributed by atoms with Crippen LogP contribution < -0.4 is 5.32 Å². The molecule has 0 aliphatic rings. The summed E-state index contributed by atoms with van der Waals surface area (Å²) in [4.78, 5) is 8.76. The van der Waals surface area contributed by atoms with Crippen LogP contribution in [0.1, 0.15) is 33.5 Å². The number of aromatic nitrogens is 2. The van der Waals surface area contributed by atoms with Crippen molar-refractivity contribution in [2.24, 2.45) is 0 Å². The Bertz CT molecular complexity index is 419. The largest absolute Gasteiger partial charge is 0.395 e. The number of hydrogen-bond donors (Lipinski definition) is 2. The molecular formula is C13H22ClN3OS. The van der Waals surface area contributed by atoms with Crippen molar-refractivity contribution in [1.29, 1.82) is 0 Å². The Kier molecular flexibility index (Phi) is 5.89. The molecule has 0 saturated heterocycles. The number of nitrogens with zero attached hydrogens (tertiary/aromatic N) is 2. The highest BCUT2D eigenvalue weighted by Gasteiger charge is 2.20. The van der Waals surface area contributed by atoms with Crippen LogP contribution in [0.25, 0.3) is 0 Å². The van der Waals surface area contributed by atoms with E-state index >= 15 is 0 Å². The molecule has 19 heavy (non-hydrogen) atoms. The average Bonchev–Trinajstić information content (AvgIpc) is 2.28. The van der Waals surface area contributed by atoms with Gasteiger partial charge in [-0.2, -0.15) is 11.8 Å². The first kappa shape index (κ1) is 16.5. The van der Waals surface area contributed by atoms with Crippen LogP contribution >= 0.6 is 23.4 Å². The third kappa shape index (κ3) is 4.82. The van der Waals surface area contributed by atoms with E-state index in [1.54, 1.807) is 17.8 Å². The summed E-state index contributed by atoms with van der Waals surface area (Å²) in [5.41, 5.74) is -0.152. The first-order valence-electron chi connectivity index (χ1n) is 6.23. The Morgan fingerprint density at radius 3 is 2.53 bits per heavy atom. The van der Waals surface area contributed by atoms with Gasteiger partial charge >= 0.3 is 0 Å². The predicted molar refractivity (Wildman–Crippen MR) is 83.2 cm³/mol. The topological polar surface area (TPSA) is 58.0 Å². The van der Waals surface area contributed by atoms with E-state index in [1.165, 1.54) is 0 Å². The summed E-state index contributed by atoms with van der Waals surface area (Å²) in [5, 5.41) is 13.1. The van der Waals surface area contributed by atoms with Crippen LogP contribution in [0.3, 0.4) is 0 Å². The Balaban J connectivity index is 2.93. The molecule has 2 atom stereocenters. The van der Waals surface area contributed by atoms with Crippen molar-refractivity contribution in [2.45, 2.75) is 44.4 Å². The first-order valence-corrected chi connectivity index (χ1v) is 7.89. The minimum absolute atomic E-state index is 0.0961. The fourth-order valence-corrected chi connectivity index (χ4v) is 2.40. The number of aliphatic hydroxyl groups is 1. The van der Waals surface area contributed by atoms with Crippen molar-refractivity contribution in [1.82, 2.24) is 9.97 Å². The smallest absolute Gasteiger partial charge is 0.137 e. The van der Waals surface area contributed by atoms with Crippen molar-refractivity contribution < 1.29 is 5.11 Å². The summed E-state index contributed by atoms with van der Waals surface area (Å²) in [6.07, 6.45) is 1.98. The molecule has 2 N–H and O–H groups in total. The molecule has 1 rings (SSSR count). The number of anilines is 1. The zero-order valence-corrected chi connectivity index (χ0v) is 13.6. The summed E-state index contributed by atoms with van der Waals surface area (Å²) in [7, 11) is 0. The average molecular weight is 304 g/mol. The maximum atomic E-state index is 9.29. The van der Waals surface area contributed by atoms with Gasteiger partial charge in [0.1, 0.15) is 16.8 Å². The molecule has 1 aromatic rings. The van der Waals surface area contributed by atoms with Crippen LogP contribution in [-0.4, -0.2) is 39.2 Å². The number of halogens is 1. The SMILES string of the molecule is CSC(CO)C(C)Nc1cc(Cl)nc(C(C)(C)C)n1. The van der Waals surface area contributed by atoms with Crippen LogP contribution in [0.5, 0.6) is 0 Å². The molecule has 0 amide bonds. The quantitative estimate of drug-likeness (QED) is 0.819. The van der Waals surface area contributed by atoms with Gasteiger partial charge in [0.25, 0.3) is 0 Å². The van der Waals surface area contributed by atoms with Gasteiger partial charge in [0.2, 0.25) is 0 Å². The molecule has 0 saturated carbocycles. The van der Waals surface area contributed by atoms with Crippen LogP contribution in [-0.2, 0) is 5.41 Å². The minimum Gasteiger partial charge on any atom is -0.395 e. The second-order valence-electron chi connectivity index (χ2n) is 5.54. The zero-order valence-electron chi connectivity index (χ0n) is 12.1. The molecule has 108 valence electrons. The van der Waals surface area contributed by atoms with Crippen molar-refractivity contribution >= 4 is 29.2 Å². The van der Waals surface area contributed by atoms with Gasteiger partial charge in [0, 0.05) is 22.8 Å². The summed E-state index contributed by atoms with van der Waals surface area (Å²) in [5.74, 6) is 1.41. The fraction of sp³-hybridized carbons (Fsp3) is 0.692. The van der Waals surface area contributed by atoms with E-state index in [2.05, 4.69) is 15.3 Å². The van der Waals surface area contributed by atoms with E-state index < -0.39 is 0 Å². The second kappa shape index (κ2) is 6.77. The lowest BCUT2D eigenvalue weighted by Gasteiger charge is -2.23. The van der Waals surface area contributed by atoms with E-state index in [1.807, 2.05) is 34.0 Å². The molecule has 0 bridgehead atoms. The molecule has 0 aliphatic heterocycles. The normalized spacial score (nSPS) is 15.1. The molecule has 1 heterocycles. The molecule has 2 unspecified atom stereocenters. The van der Waals surface area contributed by atoms with Gasteiger partial charge in [-0.25, -0.2) is 9.97 Å². The summed E-state index contributed by atoms with van der Waals surface area (Å²) in [6.45, 7) is 8.28. The van der Waals surface area contributed by atoms with Crippen LogP contribution in [0, 0.1) is 0 Å². The Labute approximate surface area is 124 Å². The molecule has 0 radical (unpaired) electrons. The molecule has 6 heteroatoms. The van der Waals surface area contributed by atoms with Crippen LogP contribution in [0.15, 0.2) is 6.07 Å². The number of hydrogen-bond acceptors (Lipinski definition) is 5. The summed E-state index contributed by atoms with van der Waals surface area (Å²) >= 11 is 7.66. The highest BCUT2D eigenvalue weighted by molar-refractivity contribution is 7.99. The standard InChI is InChI=1S/C13H22ClN3OS/c1-8(9(7-18)19-5)15-11-6-10(14)16-12(17-11)13(2,3)4/h6,8-9,18H,7H2,1-5H3,(H,15,16,17). The number of aliphatic hydroxyl groups excluding tert-OH is 1. The van der Waals surface area contributed by atoms with Gasteiger partial charge in [0.15, 0.2) is 0 Å². The zero-order chi connectivity index (χ0) is 14.6. The molecule has 0 fully saturated rings. The molecular weight excluding hydrogens is 282 g/mol. The maximum Gasteiger partial charge on any atom is 0.137 e. The van der Waals surface area contributed by atoms with Gasteiger partial charge in [-0.05, 0) is 13.2 Å². The van der Waals surface area contributed by atoms with E-state index in [-0.39, 0.29) is 23.3 Å². The minimum atomic E-state index is -0.152. The molecule has 1 aromatic heterocycles. The van der Waals surface area contributed by atoms with Crippen molar-refractivity contribution in [3.63, 3.8) is 0 Å². The van der Waals surface area contributed by atoms with Gasteiger partial charge in [0.05, 0.1) is 6.61 Å². The molecule has 0 aliphatic carbocycles. The Morgan fingerprint density at radius 1 is 1.42 bits per heavy atom. The number of nitrogens with one attached hydrogen (secondary N) is 1.